The summed E-state index contributed by atoms with van der Waals surface area (Å²) in [6.07, 6.45) is 11.5. The van der Waals surface area contributed by atoms with Crippen molar-refractivity contribution in [3.05, 3.63) is 0 Å². The molecule has 4 fully saturated rings. The molecule has 4 aliphatic carbocycles. The van der Waals surface area contributed by atoms with Gasteiger partial charge in [0.15, 0.2) is 5.96 Å². The second-order valence-corrected chi connectivity index (χ2v) is 13.3. The number of amides is 1. The second-order valence-electron chi connectivity index (χ2n) is 13.3. The maximum absolute atomic E-state index is 12.5. The molecule has 0 aromatic rings. The van der Waals surface area contributed by atoms with Crippen LogP contribution in [0.2, 0.25) is 0 Å². The number of aliphatic hydroxyl groups is 2. The molecule has 36 heavy (non-hydrogen) atoms. The van der Waals surface area contributed by atoms with E-state index in [1.807, 2.05) is 0 Å². The van der Waals surface area contributed by atoms with Crippen LogP contribution in [0.25, 0.3) is 0 Å². The van der Waals surface area contributed by atoms with E-state index in [0.717, 1.165) is 44.9 Å². The number of nitrogens with zero attached hydrogens (tertiary/aromatic N) is 1. The quantitative estimate of drug-likeness (QED) is 0.186. The van der Waals surface area contributed by atoms with Crippen molar-refractivity contribution < 1.29 is 15.0 Å². The second kappa shape index (κ2) is 11.2. The standard InChI is InChI=1S/C29H52N4O3/c1-18(6-9-26(36)32-14-4-5-15-33-27(30)31)21-7-8-22-20-17-25(35)24-16-19(34)10-12-29(24,3)23(20)11-13-28(21,22)2/h18-25,34-35H,4-17H2,1-3H3,(H,32,36)(H4,30,31,33)/t18-,19-,20+,21-,22+,23+,24+,25+,28-,29-/m0/s1. The van der Waals surface area contributed by atoms with Crippen LogP contribution in [-0.2, 0) is 4.79 Å². The first-order valence-corrected chi connectivity index (χ1v) is 14.7. The topological polar surface area (TPSA) is 134 Å². The van der Waals surface area contributed by atoms with Crippen LogP contribution in [0.1, 0.15) is 97.8 Å². The van der Waals surface area contributed by atoms with Crippen molar-refractivity contribution in [2.75, 3.05) is 13.1 Å². The number of aliphatic hydroxyl groups excluding tert-OH is 2. The van der Waals surface area contributed by atoms with E-state index in [9.17, 15) is 15.0 Å². The average molecular weight is 505 g/mol. The minimum absolute atomic E-state index is 0.122. The van der Waals surface area contributed by atoms with E-state index in [0.29, 0.717) is 54.5 Å². The number of nitrogens with two attached hydrogens (primary N) is 2. The van der Waals surface area contributed by atoms with Crippen LogP contribution in [-0.4, -0.2) is 47.4 Å². The van der Waals surface area contributed by atoms with E-state index in [4.69, 9.17) is 11.5 Å². The molecule has 4 saturated carbocycles. The lowest BCUT2D eigenvalue weighted by atomic mass is 9.44. The van der Waals surface area contributed by atoms with Crippen molar-refractivity contribution in [3.8, 4) is 0 Å². The molecule has 7 N–H and O–H groups in total. The van der Waals surface area contributed by atoms with E-state index in [2.05, 4.69) is 31.1 Å². The van der Waals surface area contributed by atoms with Gasteiger partial charge in [-0.05, 0) is 117 Å². The third-order valence-corrected chi connectivity index (χ3v) is 11.4. The smallest absolute Gasteiger partial charge is 0.220 e. The predicted molar refractivity (Wildman–Crippen MR) is 144 cm³/mol. The van der Waals surface area contributed by atoms with E-state index < -0.39 is 0 Å². The summed E-state index contributed by atoms with van der Waals surface area (Å²) in [6.45, 7) is 8.61. The molecule has 4 rings (SSSR count). The molecule has 7 heteroatoms. The number of hydrogen-bond donors (Lipinski definition) is 5. The van der Waals surface area contributed by atoms with E-state index in [1.165, 1.54) is 25.7 Å². The first kappa shape index (κ1) is 27.7. The zero-order chi connectivity index (χ0) is 26.1. The Morgan fingerprint density at radius 1 is 1.00 bits per heavy atom. The summed E-state index contributed by atoms with van der Waals surface area (Å²) in [6, 6.07) is 0. The van der Waals surface area contributed by atoms with E-state index >= 15 is 0 Å². The molecule has 0 aromatic heterocycles. The third kappa shape index (κ3) is 5.43. The average Bonchev–Trinajstić information content (AvgIpc) is 3.18. The van der Waals surface area contributed by atoms with Crippen LogP contribution in [0.5, 0.6) is 0 Å². The summed E-state index contributed by atoms with van der Waals surface area (Å²) in [4.78, 5) is 16.4. The monoisotopic (exact) mass is 504 g/mol. The van der Waals surface area contributed by atoms with E-state index in [1.54, 1.807) is 0 Å². The fraction of sp³-hybridized carbons (Fsp3) is 0.931. The van der Waals surface area contributed by atoms with Gasteiger partial charge in [0.2, 0.25) is 5.91 Å². The van der Waals surface area contributed by atoms with Crippen LogP contribution in [0.3, 0.4) is 0 Å². The number of guanidine groups is 1. The highest BCUT2D eigenvalue weighted by Crippen LogP contribution is 2.68. The van der Waals surface area contributed by atoms with Gasteiger partial charge in [0.1, 0.15) is 0 Å². The summed E-state index contributed by atoms with van der Waals surface area (Å²) < 4.78 is 0. The van der Waals surface area contributed by atoms with Crippen LogP contribution < -0.4 is 16.8 Å². The number of hydrogen-bond acceptors (Lipinski definition) is 4. The Bertz CT molecular complexity index is 801. The van der Waals surface area contributed by atoms with Gasteiger partial charge in [-0.25, -0.2) is 0 Å². The van der Waals surface area contributed by atoms with E-state index in [-0.39, 0.29) is 35.4 Å². The molecule has 206 valence electrons. The van der Waals surface area contributed by atoms with Gasteiger partial charge in [0.25, 0.3) is 0 Å². The highest BCUT2D eigenvalue weighted by molar-refractivity contribution is 5.76. The molecule has 0 aliphatic heterocycles. The lowest BCUT2D eigenvalue weighted by Crippen LogP contribution is -2.58. The van der Waals surface area contributed by atoms with Crippen molar-refractivity contribution in [2.45, 2.75) is 110 Å². The third-order valence-electron chi connectivity index (χ3n) is 11.4. The maximum atomic E-state index is 12.5. The molecule has 0 saturated heterocycles. The minimum Gasteiger partial charge on any atom is -0.393 e. The number of unbranched alkanes of at least 4 members (excludes halogenated alkanes) is 1. The highest BCUT2D eigenvalue weighted by Gasteiger charge is 2.62. The summed E-state index contributed by atoms with van der Waals surface area (Å²) in [5.74, 6) is 3.70. The zero-order valence-corrected chi connectivity index (χ0v) is 22.9. The first-order chi connectivity index (χ1) is 17.1. The SMILES string of the molecule is C[C@@H](CCC(=O)NCCCCN=C(N)N)[C@@H]1CC[C@@H]2[C@H]3C[C@@H](O)[C@H]4C[C@@H](O)CC[C@@]4(C)[C@@H]3CC[C@]21C. The lowest BCUT2D eigenvalue weighted by Gasteiger charge is -2.62. The fourth-order valence-electron chi connectivity index (χ4n) is 9.57. The van der Waals surface area contributed by atoms with Gasteiger partial charge >= 0.3 is 0 Å². The Hall–Kier alpha value is -1.34. The first-order valence-electron chi connectivity index (χ1n) is 14.7. The Labute approximate surface area is 218 Å². The van der Waals surface area contributed by atoms with Gasteiger partial charge in [-0.3, -0.25) is 9.79 Å². The largest absolute Gasteiger partial charge is 0.393 e. The Balaban J connectivity index is 1.30. The van der Waals surface area contributed by atoms with Gasteiger partial charge in [0, 0.05) is 19.5 Å². The predicted octanol–water partition coefficient (Wildman–Crippen LogP) is 3.56. The number of rotatable bonds is 9. The van der Waals surface area contributed by atoms with Gasteiger partial charge < -0.3 is 27.0 Å². The van der Waals surface area contributed by atoms with Crippen LogP contribution in [0.15, 0.2) is 4.99 Å². The fourth-order valence-corrected chi connectivity index (χ4v) is 9.57. The summed E-state index contributed by atoms with van der Waals surface area (Å²) in [5, 5.41) is 24.6. The molecule has 7 nitrogen and oxygen atoms in total. The lowest BCUT2D eigenvalue weighted by molar-refractivity contribution is -0.172. The molecule has 10 atom stereocenters. The number of nitrogens with one attached hydrogen (secondary N) is 1. The molecular formula is C29H52N4O3. The molecule has 0 heterocycles. The number of carbonyl (C=O) groups excluding carboxylic acids is 1. The van der Waals surface area contributed by atoms with Crippen molar-refractivity contribution >= 4 is 11.9 Å². The maximum Gasteiger partial charge on any atom is 0.220 e. The highest BCUT2D eigenvalue weighted by atomic mass is 16.3. The molecule has 0 bridgehead atoms. The van der Waals surface area contributed by atoms with Gasteiger partial charge in [-0.2, -0.15) is 0 Å². The van der Waals surface area contributed by atoms with Gasteiger partial charge in [-0.15, -0.1) is 0 Å². The molecule has 0 spiro atoms. The number of carbonyl (C=O) groups is 1. The van der Waals surface area contributed by atoms with Crippen molar-refractivity contribution in [3.63, 3.8) is 0 Å². The Morgan fingerprint density at radius 2 is 1.72 bits per heavy atom. The van der Waals surface area contributed by atoms with Crippen LogP contribution in [0, 0.1) is 46.3 Å². The zero-order valence-electron chi connectivity index (χ0n) is 22.9. The Morgan fingerprint density at radius 3 is 2.47 bits per heavy atom. The molecular weight excluding hydrogens is 452 g/mol. The van der Waals surface area contributed by atoms with Crippen molar-refractivity contribution in [1.82, 2.24) is 5.32 Å². The summed E-state index contributed by atoms with van der Waals surface area (Å²) in [7, 11) is 0. The van der Waals surface area contributed by atoms with Gasteiger partial charge in [-0.1, -0.05) is 20.8 Å². The van der Waals surface area contributed by atoms with Gasteiger partial charge in [0.05, 0.1) is 12.2 Å². The van der Waals surface area contributed by atoms with Crippen molar-refractivity contribution in [1.29, 1.82) is 0 Å². The number of fused-ring (bicyclic) bond motifs is 5. The molecule has 1 amide bonds. The summed E-state index contributed by atoms with van der Waals surface area (Å²) >= 11 is 0. The van der Waals surface area contributed by atoms with Crippen LogP contribution >= 0.6 is 0 Å². The molecule has 0 aromatic carbocycles. The summed E-state index contributed by atoms with van der Waals surface area (Å²) in [5.41, 5.74) is 11.2. The minimum atomic E-state index is -0.270. The van der Waals surface area contributed by atoms with Crippen LogP contribution in [0.4, 0.5) is 0 Å². The Kier molecular flexibility index (Phi) is 8.60. The number of aliphatic imine (C=N–C) groups is 1. The normalized spacial score (nSPS) is 42.5. The molecule has 0 radical (unpaired) electrons. The molecule has 0 unspecified atom stereocenters. The van der Waals surface area contributed by atoms with Crippen molar-refractivity contribution in [2.24, 2.45) is 62.8 Å². The molecule has 4 aliphatic rings.